The van der Waals surface area contributed by atoms with Gasteiger partial charge in [-0.05, 0) is 48.2 Å². The lowest BCUT2D eigenvalue weighted by molar-refractivity contribution is -0.231. The second-order valence-electron chi connectivity index (χ2n) is 6.85. The van der Waals surface area contributed by atoms with Crippen LogP contribution >= 0.6 is 11.6 Å². The van der Waals surface area contributed by atoms with Crippen molar-refractivity contribution in [1.82, 2.24) is 0 Å². The largest absolute Gasteiger partial charge is 0.494 e. The molecular formula is C21H25ClO6. The average Bonchev–Trinajstić information content (AvgIpc) is 2.70. The molecule has 0 amide bonds. The Hall–Kier alpha value is -1.67. The molecule has 4 N–H and O–H groups in total. The molecule has 0 spiro atoms. The Morgan fingerprint density at radius 3 is 2.36 bits per heavy atom. The van der Waals surface area contributed by atoms with Gasteiger partial charge in [0.2, 0.25) is 0 Å². The highest BCUT2D eigenvalue weighted by Crippen LogP contribution is 2.34. The molecule has 2 aromatic carbocycles. The predicted molar refractivity (Wildman–Crippen MR) is 105 cm³/mol. The SMILES string of the molecule is CCOc1ccc(Cc2cc([C@@H]3O[C@H](CO)[C@@H](O)C(O)C3O)ccc2Cl)cc1. The molecule has 1 saturated heterocycles. The molecule has 152 valence electrons. The Kier molecular flexibility index (Phi) is 6.93. The van der Waals surface area contributed by atoms with Gasteiger partial charge in [-0.25, -0.2) is 0 Å². The van der Waals surface area contributed by atoms with E-state index in [2.05, 4.69) is 0 Å². The Balaban J connectivity index is 1.82. The number of hydrogen-bond donors (Lipinski definition) is 4. The minimum absolute atomic E-state index is 0.464. The van der Waals surface area contributed by atoms with E-state index < -0.39 is 37.1 Å². The summed E-state index contributed by atoms with van der Waals surface area (Å²) in [7, 11) is 0. The van der Waals surface area contributed by atoms with Crippen LogP contribution in [-0.2, 0) is 11.2 Å². The lowest BCUT2D eigenvalue weighted by Gasteiger charge is -2.40. The van der Waals surface area contributed by atoms with Gasteiger partial charge >= 0.3 is 0 Å². The van der Waals surface area contributed by atoms with Crippen LogP contribution in [0.4, 0.5) is 0 Å². The second kappa shape index (κ2) is 9.22. The van der Waals surface area contributed by atoms with Crippen molar-refractivity contribution in [2.24, 2.45) is 0 Å². The number of halogens is 1. The van der Waals surface area contributed by atoms with E-state index in [-0.39, 0.29) is 0 Å². The first-order valence-electron chi connectivity index (χ1n) is 9.25. The van der Waals surface area contributed by atoms with E-state index in [4.69, 9.17) is 21.1 Å². The summed E-state index contributed by atoms with van der Waals surface area (Å²) in [5.41, 5.74) is 2.49. The maximum atomic E-state index is 10.3. The molecular weight excluding hydrogens is 384 g/mol. The van der Waals surface area contributed by atoms with Gasteiger partial charge in [-0.2, -0.15) is 0 Å². The van der Waals surface area contributed by atoms with Crippen molar-refractivity contribution in [3.63, 3.8) is 0 Å². The Bertz CT molecular complexity index is 779. The van der Waals surface area contributed by atoms with E-state index in [0.717, 1.165) is 16.9 Å². The van der Waals surface area contributed by atoms with E-state index in [9.17, 15) is 20.4 Å². The zero-order chi connectivity index (χ0) is 20.3. The summed E-state index contributed by atoms with van der Waals surface area (Å²) in [5.74, 6) is 0.799. The molecule has 1 aliphatic rings. The van der Waals surface area contributed by atoms with Gasteiger partial charge < -0.3 is 29.9 Å². The molecule has 6 nitrogen and oxygen atoms in total. The number of aliphatic hydroxyl groups is 4. The fourth-order valence-electron chi connectivity index (χ4n) is 3.37. The molecule has 0 aliphatic carbocycles. The number of hydrogen-bond acceptors (Lipinski definition) is 6. The molecule has 1 fully saturated rings. The van der Waals surface area contributed by atoms with E-state index in [1.807, 2.05) is 37.3 Å². The normalized spacial score (nSPS) is 27.6. The third-order valence-electron chi connectivity index (χ3n) is 4.92. The summed E-state index contributed by atoms with van der Waals surface area (Å²) in [6.07, 6.45) is -5.39. The highest BCUT2D eigenvalue weighted by molar-refractivity contribution is 6.31. The standard InChI is InChI=1S/C21H25ClO6/c1-2-27-15-6-3-12(4-7-15)9-14-10-13(5-8-16(14)22)21-20(26)19(25)18(24)17(11-23)28-21/h3-8,10,17-21,23-26H,2,9,11H2,1H3/t17-,18-,19?,20?,21+/m1/s1. The van der Waals surface area contributed by atoms with Crippen LogP contribution in [0, 0.1) is 0 Å². The zero-order valence-corrected chi connectivity index (χ0v) is 16.3. The van der Waals surface area contributed by atoms with Crippen LogP contribution < -0.4 is 4.74 Å². The highest BCUT2D eigenvalue weighted by atomic mass is 35.5. The lowest BCUT2D eigenvalue weighted by atomic mass is 9.90. The van der Waals surface area contributed by atoms with Crippen LogP contribution in [0.1, 0.15) is 29.7 Å². The van der Waals surface area contributed by atoms with Crippen LogP contribution in [0.5, 0.6) is 5.75 Å². The first kappa shape index (κ1) is 21.0. The predicted octanol–water partition coefficient (Wildman–Crippen LogP) is 1.84. The van der Waals surface area contributed by atoms with Crippen molar-refractivity contribution in [1.29, 1.82) is 0 Å². The van der Waals surface area contributed by atoms with Gasteiger partial charge in [-0.15, -0.1) is 0 Å². The van der Waals surface area contributed by atoms with Gasteiger partial charge in [0.25, 0.3) is 0 Å². The molecule has 1 heterocycles. The summed E-state index contributed by atoms with van der Waals surface area (Å²) < 4.78 is 11.1. The van der Waals surface area contributed by atoms with Crippen LogP contribution in [0.15, 0.2) is 42.5 Å². The number of aliphatic hydroxyl groups excluding tert-OH is 4. The molecule has 0 radical (unpaired) electrons. The molecule has 5 atom stereocenters. The maximum Gasteiger partial charge on any atom is 0.119 e. The van der Waals surface area contributed by atoms with E-state index in [0.29, 0.717) is 23.6 Å². The van der Waals surface area contributed by atoms with Crippen molar-refractivity contribution in [2.75, 3.05) is 13.2 Å². The van der Waals surface area contributed by atoms with Gasteiger partial charge in [0.1, 0.15) is 36.3 Å². The Morgan fingerprint density at radius 2 is 1.71 bits per heavy atom. The molecule has 7 heteroatoms. The third-order valence-corrected chi connectivity index (χ3v) is 5.29. The summed E-state index contributed by atoms with van der Waals surface area (Å²) in [6, 6.07) is 12.9. The first-order chi connectivity index (χ1) is 13.4. The summed E-state index contributed by atoms with van der Waals surface area (Å²) in [5, 5.41) is 40.3. The molecule has 2 aromatic rings. The minimum atomic E-state index is -1.42. The van der Waals surface area contributed by atoms with Crippen molar-refractivity contribution < 1.29 is 29.9 Å². The van der Waals surface area contributed by atoms with Crippen LogP contribution in [0.3, 0.4) is 0 Å². The van der Waals surface area contributed by atoms with E-state index >= 15 is 0 Å². The monoisotopic (exact) mass is 408 g/mol. The van der Waals surface area contributed by atoms with Gasteiger partial charge in [-0.1, -0.05) is 35.9 Å². The van der Waals surface area contributed by atoms with Gasteiger partial charge in [0.05, 0.1) is 13.2 Å². The fraction of sp³-hybridized carbons (Fsp3) is 0.429. The topological polar surface area (TPSA) is 99.4 Å². The Morgan fingerprint density at radius 1 is 1.00 bits per heavy atom. The molecule has 2 unspecified atom stereocenters. The number of ether oxygens (including phenoxy) is 2. The maximum absolute atomic E-state index is 10.3. The average molecular weight is 409 g/mol. The quantitative estimate of drug-likeness (QED) is 0.582. The number of benzene rings is 2. The van der Waals surface area contributed by atoms with Crippen molar-refractivity contribution in [2.45, 2.75) is 43.9 Å². The molecule has 28 heavy (non-hydrogen) atoms. The molecule has 0 aromatic heterocycles. The zero-order valence-electron chi connectivity index (χ0n) is 15.5. The molecule has 0 saturated carbocycles. The second-order valence-corrected chi connectivity index (χ2v) is 7.26. The third kappa shape index (κ3) is 4.49. The Labute approximate surface area is 168 Å². The fourth-order valence-corrected chi connectivity index (χ4v) is 3.56. The first-order valence-corrected chi connectivity index (χ1v) is 9.63. The van der Waals surface area contributed by atoms with Gasteiger partial charge in [-0.3, -0.25) is 0 Å². The highest BCUT2D eigenvalue weighted by Gasteiger charge is 2.43. The van der Waals surface area contributed by atoms with Crippen LogP contribution in [-0.4, -0.2) is 58.1 Å². The summed E-state index contributed by atoms with van der Waals surface area (Å²) in [4.78, 5) is 0. The van der Waals surface area contributed by atoms with Crippen molar-refractivity contribution >= 4 is 11.6 Å². The van der Waals surface area contributed by atoms with Crippen molar-refractivity contribution in [3.8, 4) is 5.75 Å². The van der Waals surface area contributed by atoms with Crippen molar-refractivity contribution in [3.05, 3.63) is 64.2 Å². The molecule has 3 rings (SSSR count). The summed E-state index contributed by atoms with van der Waals surface area (Å²) >= 11 is 6.35. The van der Waals surface area contributed by atoms with E-state index in [1.165, 1.54) is 0 Å². The van der Waals surface area contributed by atoms with Crippen LogP contribution in [0.2, 0.25) is 5.02 Å². The summed E-state index contributed by atoms with van der Waals surface area (Å²) in [6.45, 7) is 2.07. The molecule has 1 aliphatic heterocycles. The van der Waals surface area contributed by atoms with E-state index in [1.54, 1.807) is 12.1 Å². The molecule has 0 bridgehead atoms. The van der Waals surface area contributed by atoms with Gasteiger partial charge in [0.15, 0.2) is 0 Å². The van der Waals surface area contributed by atoms with Crippen LogP contribution in [0.25, 0.3) is 0 Å². The number of rotatable bonds is 6. The lowest BCUT2D eigenvalue weighted by Crippen LogP contribution is -2.55. The smallest absolute Gasteiger partial charge is 0.119 e. The van der Waals surface area contributed by atoms with Gasteiger partial charge in [0, 0.05) is 5.02 Å². The minimum Gasteiger partial charge on any atom is -0.494 e.